The Morgan fingerprint density at radius 3 is 2.70 bits per heavy atom. The van der Waals surface area contributed by atoms with E-state index in [1.165, 1.54) is 9.71 Å². The summed E-state index contributed by atoms with van der Waals surface area (Å²) >= 11 is 1.77. The number of para-hydroxylation sites is 1. The summed E-state index contributed by atoms with van der Waals surface area (Å²) in [7, 11) is 0. The van der Waals surface area contributed by atoms with Crippen LogP contribution >= 0.6 is 11.3 Å². The lowest BCUT2D eigenvalue weighted by molar-refractivity contribution is -0.135. The first kappa shape index (κ1) is 14.6. The summed E-state index contributed by atoms with van der Waals surface area (Å²) in [6, 6.07) is 7.92. The average Bonchev–Trinajstić information content (AvgIpc) is 3.20. The van der Waals surface area contributed by atoms with Gasteiger partial charge in [-0.05, 0) is 31.4 Å². The molecule has 120 valence electrons. The number of fused-ring (bicyclic) bond motifs is 1. The number of carbonyl (C=O) groups is 2. The van der Waals surface area contributed by atoms with E-state index < -0.39 is 0 Å². The monoisotopic (exact) mass is 329 g/mol. The highest BCUT2D eigenvalue weighted by Crippen LogP contribution is 2.34. The van der Waals surface area contributed by atoms with Gasteiger partial charge in [0.05, 0.1) is 15.2 Å². The van der Waals surface area contributed by atoms with Crippen molar-refractivity contribution in [1.82, 2.24) is 15.2 Å². The van der Waals surface area contributed by atoms with Gasteiger partial charge in [-0.3, -0.25) is 9.59 Å². The molecule has 0 spiro atoms. The van der Waals surface area contributed by atoms with Gasteiger partial charge in [0.1, 0.15) is 6.04 Å². The molecule has 4 rings (SSSR count). The van der Waals surface area contributed by atoms with Crippen LogP contribution < -0.4 is 5.32 Å². The van der Waals surface area contributed by atoms with Crippen LogP contribution in [0.1, 0.15) is 36.6 Å². The SMILES string of the molecule is O=C1CC[C@H](C(=O)N2CCC(c3nc4ccccc4s3)CC2)N1. The van der Waals surface area contributed by atoms with E-state index in [-0.39, 0.29) is 17.9 Å². The lowest BCUT2D eigenvalue weighted by Crippen LogP contribution is -2.47. The van der Waals surface area contributed by atoms with Gasteiger partial charge in [0.25, 0.3) is 0 Å². The van der Waals surface area contributed by atoms with E-state index in [0.29, 0.717) is 18.8 Å². The predicted octanol–water partition coefficient (Wildman–Crippen LogP) is 2.28. The second-order valence-corrected chi connectivity index (χ2v) is 7.34. The smallest absolute Gasteiger partial charge is 0.245 e. The van der Waals surface area contributed by atoms with Crippen molar-refractivity contribution in [2.24, 2.45) is 0 Å². The molecule has 2 amide bonds. The Balaban J connectivity index is 1.40. The number of benzene rings is 1. The highest BCUT2D eigenvalue weighted by Gasteiger charge is 2.33. The molecule has 0 saturated carbocycles. The molecule has 1 aromatic heterocycles. The van der Waals surface area contributed by atoms with E-state index in [9.17, 15) is 9.59 Å². The number of hydrogen-bond acceptors (Lipinski definition) is 4. The highest BCUT2D eigenvalue weighted by atomic mass is 32.1. The second kappa shape index (κ2) is 5.92. The Labute approximate surface area is 138 Å². The maximum Gasteiger partial charge on any atom is 0.245 e. The topological polar surface area (TPSA) is 62.3 Å². The molecule has 2 aromatic rings. The highest BCUT2D eigenvalue weighted by molar-refractivity contribution is 7.18. The number of nitrogens with one attached hydrogen (secondary N) is 1. The van der Waals surface area contributed by atoms with Crippen molar-refractivity contribution in [3.63, 3.8) is 0 Å². The number of nitrogens with zero attached hydrogens (tertiary/aromatic N) is 2. The molecule has 0 aliphatic carbocycles. The zero-order valence-electron chi connectivity index (χ0n) is 12.8. The van der Waals surface area contributed by atoms with Crippen LogP contribution in [0.3, 0.4) is 0 Å². The number of hydrogen-bond donors (Lipinski definition) is 1. The van der Waals surface area contributed by atoms with Crippen LogP contribution in [0.2, 0.25) is 0 Å². The molecule has 1 N–H and O–H groups in total. The molecule has 2 saturated heterocycles. The van der Waals surface area contributed by atoms with Crippen molar-refractivity contribution in [2.45, 2.75) is 37.6 Å². The number of thiazole rings is 1. The third-order valence-electron chi connectivity index (χ3n) is 4.76. The number of aromatic nitrogens is 1. The Bertz CT molecular complexity index is 716. The molecule has 0 unspecified atom stereocenters. The van der Waals surface area contributed by atoms with Crippen molar-refractivity contribution in [3.8, 4) is 0 Å². The van der Waals surface area contributed by atoms with Crippen LogP contribution in [0.5, 0.6) is 0 Å². The van der Waals surface area contributed by atoms with Gasteiger partial charge < -0.3 is 10.2 Å². The van der Waals surface area contributed by atoms with Gasteiger partial charge in [-0.25, -0.2) is 4.98 Å². The van der Waals surface area contributed by atoms with E-state index in [4.69, 9.17) is 4.98 Å². The molecule has 0 radical (unpaired) electrons. The van der Waals surface area contributed by atoms with Crippen LogP contribution in [0.15, 0.2) is 24.3 Å². The third-order valence-corrected chi connectivity index (χ3v) is 5.96. The summed E-state index contributed by atoms with van der Waals surface area (Å²) in [6.07, 6.45) is 3.01. The lowest BCUT2D eigenvalue weighted by atomic mass is 9.97. The van der Waals surface area contributed by atoms with E-state index in [0.717, 1.165) is 31.4 Å². The maximum atomic E-state index is 12.4. The molecule has 2 fully saturated rings. The minimum Gasteiger partial charge on any atom is -0.344 e. The van der Waals surface area contributed by atoms with Gasteiger partial charge in [-0.1, -0.05) is 12.1 Å². The van der Waals surface area contributed by atoms with E-state index in [2.05, 4.69) is 17.4 Å². The summed E-state index contributed by atoms with van der Waals surface area (Å²) in [6.45, 7) is 1.51. The Kier molecular flexibility index (Phi) is 3.77. The number of likely N-dealkylation sites (tertiary alicyclic amines) is 1. The van der Waals surface area contributed by atoms with E-state index in [1.807, 2.05) is 17.0 Å². The summed E-state index contributed by atoms with van der Waals surface area (Å²) in [4.78, 5) is 30.4. The van der Waals surface area contributed by atoms with Gasteiger partial charge in [0.2, 0.25) is 11.8 Å². The fraction of sp³-hybridized carbons (Fsp3) is 0.471. The molecule has 0 bridgehead atoms. The number of carbonyl (C=O) groups excluding carboxylic acids is 2. The fourth-order valence-electron chi connectivity index (χ4n) is 3.43. The molecule has 1 aromatic carbocycles. The van der Waals surface area contributed by atoms with Crippen molar-refractivity contribution in [2.75, 3.05) is 13.1 Å². The van der Waals surface area contributed by atoms with Crippen molar-refractivity contribution in [1.29, 1.82) is 0 Å². The van der Waals surface area contributed by atoms with E-state index >= 15 is 0 Å². The largest absolute Gasteiger partial charge is 0.344 e. The molecule has 5 nitrogen and oxygen atoms in total. The molecule has 1 atom stereocenters. The van der Waals surface area contributed by atoms with Crippen LogP contribution in [-0.4, -0.2) is 40.8 Å². The van der Waals surface area contributed by atoms with Crippen LogP contribution in [0, 0.1) is 0 Å². The fourth-order valence-corrected chi connectivity index (χ4v) is 4.57. The number of piperidine rings is 1. The van der Waals surface area contributed by atoms with Gasteiger partial charge in [-0.2, -0.15) is 0 Å². The number of amides is 2. The van der Waals surface area contributed by atoms with Gasteiger partial charge in [-0.15, -0.1) is 11.3 Å². The standard InChI is InChI=1S/C17H19N3O2S/c21-15-6-5-13(18-15)17(22)20-9-7-11(8-10-20)16-19-12-3-1-2-4-14(12)23-16/h1-4,11,13H,5-10H2,(H,18,21)/t13-/m1/s1. The first-order chi connectivity index (χ1) is 11.2. The lowest BCUT2D eigenvalue weighted by Gasteiger charge is -2.32. The molecular weight excluding hydrogens is 310 g/mol. The van der Waals surface area contributed by atoms with Gasteiger partial charge in [0.15, 0.2) is 0 Å². The summed E-state index contributed by atoms with van der Waals surface area (Å²) < 4.78 is 1.23. The summed E-state index contributed by atoms with van der Waals surface area (Å²) in [5, 5.41) is 3.96. The first-order valence-electron chi connectivity index (χ1n) is 8.14. The second-order valence-electron chi connectivity index (χ2n) is 6.28. The number of rotatable bonds is 2. The quantitative estimate of drug-likeness (QED) is 0.919. The normalized spacial score (nSPS) is 22.5. The van der Waals surface area contributed by atoms with Crippen LogP contribution in [0.25, 0.3) is 10.2 Å². The average molecular weight is 329 g/mol. The zero-order valence-corrected chi connectivity index (χ0v) is 13.6. The zero-order chi connectivity index (χ0) is 15.8. The van der Waals surface area contributed by atoms with Gasteiger partial charge in [0, 0.05) is 25.4 Å². The molecule has 23 heavy (non-hydrogen) atoms. The first-order valence-corrected chi connectivity index (χ1v) is 8.96. The molecule has 2 aliphatic heterocycles. The van der Waals surface area contributed by atoms with E-state index in [1.54, 1.807) is 11.3 Å². The van der Waals surface area contributed by atoms with Crippen molar-refractivity contribution < 1.29 is 9.59 Å². The van der Waals surface area contributed by atoms with Crippen molar-refractivity contribution >= 4 is 33.4 Å². The summed E-state index contributed by atoms with van der Waals surface area (Å²) in [5.41, 5.74) is 1.07. The third kappa shape index (κ3) is 2.83. The molecular formula is C17H19N3O2S. The maximum absolute atomic E-state index is 12.4. The van der Waals surface area contributed by atoms with Crippen molar-refractivity contribution in [3.05, 3.63) is 29.3 Å². The Morgan fingerprint density at radius 2 is 2.00 bits per heavy atom. The molecule has 3 heterocycles. The van der Waals surface area contributed by atoms with Crippen LogP contribution in [0.4, 0.5) is 0 Å². The van der Waals surface area contributed by atoms with Gasteiger partial charge >= 0.3 is 0 Å². The minimum atomic E-state index is -0.304. The molecule has 2 aliphatic rings. The Hall–Kier alpha value is -1.95. The Morgan fingerprint density at radius 1 is 1.22 bits per heavy atom. The van der Waals surface area contributed by atoms with Crippen LogP contribution in [-0.2, 0) is 9.59 Å². The predicted molar refractivity (Wildman–Crippen MR) is 89.3 cm³/mol. The summed E-state index contributed by atoms with van der Waals surface area (Å²) in [5.74, 6) is 0.515. The minimum absolute atomic E-state index is 0.00675. The molecule has 6 heteroatoms.